The molecule has 8 nitrogen and oxygen atoms in total. The molecule has 2 amide bonds. The van der Waals surface area contributed by atoms with E-state index < -0.39 is 23.7 Å². The van der Waals surface area contributed by atoms with Crippen molar-refractivity contribution < 1.29 is 14.0 Å². The molecule has 128 valence electrons. The SMILES string of the molecule is CCC(Nc1nc(Nc2cc(C)ns2)c(C(N)=O)cc1F)C(N)=O. The number of carbonyl (C=O) groups is 2. The Morgan fingerprint density at radius 1 is 1.33 bits per heavy atom. The molecule has 0 bridgehead atoms. The lowest BCUT2D eigenvalue weighted by molar-refractivity contribution is -0.118. The van der Waals surface area contributed by atoms with Crippen LogP contribution in [0.2, 0.25) is 0 Å². The topological polar surface area (TPSA) is 136 Å². The van der Waals surface area contributed by atoms with Gasteiger partial charge in [0.1, 0.15) is 16.9 Å². The van der Waals surface area contributed by atoms with E-state index in [-0.39, 0.29) is 17.2 Å². The molecule has 0 aliphatic heterocycles. The number of hydrogen-bond donors (Lipinski definition) is 4. The minimum Gasteiger partial charge on any atom is -0.368 e. The number of anilines is 3. The number of aromatic nitrogens is 2. The van der Waals surface area contributed by atoms with E-state index in [9.17, 15) is 14.0 Å². The summed E-state index contributed by atoms with van der Waals surface area (Å²) in [6, 6.07) is 1.91. The molecule has 2 aromatic rings. The molecule has 2 heterocycles. The molecule has 0 aliphatic rings. The molecule has 1 unspecified atom stereocenters. The molecule has 0 radical (unpaired) electrons. The minimum absolute atomic E-state index is 0.0642. The van der Waals surface area contributed by atoms with Gasteiger partial charge in [0.2, 0.25) is 5.91 Å². The highest BCUT2D eigenvalue weighted by molar-refractivity contribution is 7.10. The average Bonchev–Trinajstić information content (AvgIpc) is 2.91. The van der Waals surface area contributed by atoms with Crippen LogP contribution < -0.4 is 22.1 Å². The first-order valence-electron chi connectivity index (χ1n) is 7.08. The number of nitrogens with two attached hydrogens (primary N) is 2. The Bertz CT molecular complexity index is 779. The van der Waals surface area contributed by atoms with Crippen LogP contribution in [0.5, 0.6) is 0 Å². The van der Waals surface area contributed by atoms with E-state index in [0.29, 0.717) is 11.4 Å². The predicted octanol–water partition coefficient (Wildman–Crippen LogP) is 1.50. The summed E-state index contributed by atoms with van der Waals surface area (Å²) < 4.78 is 18.3. The van der Waals surface area contributed by atoms with E-state index in [1.165, 1.54) is 0 Å². The third kappa shape index (κ3) is 3.96. The Labute approximate surface area is 141 Å². The Hall–Kier alpha value is -2.75. The van der Waals surface area contributed by atoms with Crippen molar-refractivity contribution in [2.24, 2.45) is 11.5 Å². The Balaban J connectivity index is 2.41. The zero-order chi connectivity index (χ0) is 17.9. The Kier molecular flexibility index (Phi) is 5.29. The van der Waals surface area contributed by atoms with Crippen LogP contribution in [0.1, 0.15) is 29.4 Å². The van der Waals surface area contributed by atoms with E-state index in [0.717, 1.165) is 23.3 Å². The monoisotopic (exact) mass is 352 g/mol. The van der Waals surface area contributed by atoms with Crippen molar-refractivity contribution >= 4 is 40.0 Å². The highest BCUT2D eigenvalue weighted by Gasteiger charge is 2.20. The van der Waals surface area contributed by atoms with Crippen molar-refractivity contribution in [1.82, 2.24) is 9.36 Å². The molecule has 0 aliphatic carbocycles. The third-order valence-electron chi connectivity index (χ3n) is 3.17. The van der Waals surface area contributed by atoms with Crippen molar-refractivity contribution in [3.63, 3.8) is 0 Å². The van der Waals surface area contributed by atoms with Crippen LogP contribution in [0, 0.1) is 12.7 Å². The van der Waals surface area contributed by atoms with Gasteiger partial charge in [-0.15, -0.1) is 0 Å². The zero-order valence-corrected chi connectivity index (χ0v) is 13.9. The van der Waals surface area contributed by atoms with Gasteiger partial charge >= 0.3 is 0 Å². The van der Waals surface area contributed by atoms with Gasteiger partial charge in [0.05, 0.1) is 11.3 Å². The maximum absolute atomic E-state index is 14.2. The summed E-state index contributed by atoms with van der Waals surface area (Å²) in [4.78, 5) is 26.9. The summed E-state index contributed by atoms with van der Waals surface area (Å²) in [7, 11) is 0. The van der Waals surface area contributed by atoms with Gasteiger partial charge in [-0.05, 0) is 37.0 Å². The molecule has 2 aromatic heterocycles. The number of primary amides is 2. The smallest absolute Gasteiger partial charge is 0.252 e. The van der Waals surface area contributed by atoms with E-state index in [2.05, 4.69) is 20.0 Å². The number of aryl methyl sites for hydroxylation is 1. The first-order chi connectivity index (χ1) is 11.3. The number of hydrogen-bond acceptors (Lipinski definition) is 7. The second kappa shape index (κ2) is 7.21. The van der Waals surface area contributed by atoms with Crippen LogP contribution in [0.3, 0.4) is 0 Å². The number of nitrogens with zero attached hydrogens (tertiary/aromatic N) is 2. The number of halogens is 1. The second-order valence-electron chi connectivity index (χ2n) is 5.04. The normalized spacial score (nSPS) is 11.8. The fourth-order valence-electron chi connectivity index (χ4n) is 1.95. The predicted molar refractivity (Wildman–Crippen MR) is 89.7 cm³/mol. The fraction of sp³-hybridized carbons (Fsp3) is 0.286. The molecule has 1 atom stereocenters. The van der Waals surface area contributed by atoms with Crippen molar-refractivity contribution in [2.75, 3.05) is 10.6 Å². The number of carbonyl (C=O) groups excluding carboxylic acids is 2. The minimum atomic E-state index is -0.835. The van der Waals surface area contributed by atoms with Crippen LogP contribution in [0.25, 0.3) is 0 Å². The summed E-state index contributed by atoms with van der Waals surface area (Å²) in [5.41, 5.74) is 11.2. The first kappa shape index (κ1) is 17.6. The lowest BCUT2D eigenvalue weighted by atomic mass is 10.2. The van der Waals surface area contributed by atoms with Crippen LogP contribution >= 0.6 is 11.5 Å². The molecule has 0 saturated heterocycles. The molecular weight excluding hydrogens is 335 g/mol. The van der Waals surface area contributed by atoms with Gasteiger partial charge in [0, 0.05) is 0 Å². The van der Waals surface area contributed by atoms with Crippen molar-refractivity contribution in [1.29, 1.82) is 0 Å². The van der Waals surface area contributed by atoms with Crippen LogP contribution in [-0.2, 0) is 4.79 Å². The molecule has 0 aromatic carbocycles. The van der Waals surface area contributed by atoms with E-state index in [4.69, 9.17) is 11.5 Å². The Morgan fingerprint density at radius 2 is 2.04 bits per heavy atom. The number of rotatable bonds is 7. The van der Waals surface area contributed by atoms with Gasteiger partial charge in [-0.2, -0.15) is 4.37 Å². The molecule has 0 spiro atoms. The summed E-state index contributed by atoms with van der Waals surface area (Å²) in [5, 5.41) is 6.13. The Morgan fingerprint density at radius 3 is 2.54 bits per heavy atom. The lowest BCUT2D eigenvalue weighted by Crippen LogP contribution is -2.35. The molecule has 2 rings (SSSR count). The summed E-state index contributed by atoms with van der Waals surface area (Å²) in [6.07, 6.45) is 0.352. The summed E-state index contributed by atoms with van der Waals surface area (Å²) >= 11 is 1.16. The molecule has 0 fully saturated rings. The molecule has 0 saturated carbocycles. The van der Waals surface area contributed by atoms with Gasteiger partial charge < -0.3 is 22.1 Å². The second-order valence-corrected chi connectivity index (χ2v) is 5.85. The maximum atomic E-state index is 14.2. The average molecular weight is 352 g/mol. The summed E-state index contributed by atoms with van der Waals surface area (Å²) in [5.74, 6) is -2.41. The van der Waals surface area contributed by atoms with Gasteiger partial charge in [-0.3, -0.25) is 9.59 Å². The number of nitrogens with one attached hydrogen (secondary N) is 2. The van der Waals surface area contributed by atoms with Gasteiger partial charge in [-0.25, -0.2) is 9.37 Å². The molecular formula is C14H17FN6O2S. The molecule has 10 heteroatoms. The van der Waals surface area contributed by atoms with Crippen LogP contribution in [0.15, 0.2) is 12.1 Å². The van der Waals surface area contributed by atoms with Gasteiger partial charge in [-0.1, -0.05) is 6.92 Å². The quantitative estimate of drug-likeness (QED) is 0.596. The first-order valence-corrected chi connectivity index (χ1v) is 7.85. The van der Waals surface area contributed by atoms with Gasteiger partial charge in [0.15, 0.2) is 11.6 Å². The number of amides is 2. The van der Waals surface area contributed by atoms with Crippen LogP contribution in [-0.4, -0.2) is 27.2 Å². The number of pyridine rings is 1. The van der Waals surface area contributed by atoms with Crippen molar-refractivity contribution in [3.8, 4) is 0 Å². The van der Waals surface area contributed by atoms with E-state index in [1.807, 2.05) is 0 Å². The van der Waals surface area contributed by atoms with Crippen molar-refractivity contribution in [2.45, 2.75) is 26.3 Å². The van der Waals surface area contributed by atoms with E-state index >= 15 is 0 Å². The largest absolute Gasteiger partial charge is 0.368 e. The van der Waals surface area contributed by atoms with E-state index in [1.54, 1.807) is 19.9 Å². The highest BCUT2D eigenvalue weighted by Crippen LogP contribution is 2.26. The molecule has 6 N–H and O–H groups in total. The fourth-order valence-corrected chi connectivity index (χ4v) is 2.61. The third-order valence-corrected chi connectivity index (χ3v) is 3.97. The standard InChI is InChI=1S/C14H17FN6O2S/c1-3-9(12(17)23)18-14-8(15)5-7(11(16)22)13(20-14)19-10-4-6(2)21-24-10/h4-5,9H,3H2,1-2H3,(H2,16,22)(H2,17,23)(H2,18,19,20). The zero-order valence-electron chi connectivity index (χ0n) is 13.1. The van der Waals surface area contributed by atoms with Gasteiger partial charge in [0.25, 0.3) is 5.91 Å². The maximum Gasteiger partial charge on any atom is 0.252 e. The van der Waals surface area contributed by atoms with Crippen LogP contribution in [0.4, 0.5) is 21.0 Å². The molecule has 24 heavy (non-hydrogen) atoms. The highest BCUT2D eigenvalue weighted by atomic mass is 32.1. The lowest BCUT2D eigenvalue weighted by Gasteiger charge is -2.16. The van der Waals surface area contributed by atoms with Crippen molar-refractivity contribution in [3.05, 3.63) is 29.2 Å². The summed E-state index contributed by atoms with van der Waals surface area (Å²) in [6.45, 7) is 3.53.